The molecule has 0 unspecified atom stereocenters. The van der Waals surface area contributed by atoms with Gasteiger partial charge >= 0.3 is 0 Å². The molecule has 0 heterocycles. The molecule has 0 aliphatic rings. The molecule has 0 atom stereocenters. The van der Waals surface area contributed by atoms with E-state index in [4.69, 9.17) is 0 Å². The monoisotopic (exact) mass is 293 g/mol. The van der Waals surface area contributed by atoms with Gasteiger partial charge in [-0.25, -0.2) is 17.5 Å². The van der Waals surface area contributed by atoms with E-state index in [2.05, 4.69) is 4.72 Å². The third kappa shape index (κ3) is 3.43. The highest BCUT2D eigenvalue weighted by molar-refractivity contribution is 7.89. The summed E-state index contributed by atoms with van der Waals surface area (Å²) in [6.45, 7) is 3.55. The molecule has 0 spiro atoms. The maximum absolute atomic E-state index is 13.4. The fourth-order valence-corrected chi connectivity index (χ4v) is 2.91. The molecule has 3 nitrogen and oxygen atoms in total. The van der Waals surface area contributed by atoms with Gasteiger partial charge in [-0.15, -0.1) is 0 Å². The fraction of sp³-hybridized carbons (Fsp3) is 0.200. The smallest absolute Gasteiger partial charge is 0.207 e. The zero-order valence-electron chi connectivity index (χ0n) is 11.4. The number of hydrogen-bond donors (Lipinski definition) is 1. The molecule has 5 heteroatoms. The minimum Gasteiger partial charge on any atom is -0.207 e. The zero-order valence-corrected chi connectivity index (χ0v) is 12.2. The molecule has 2 aromatic carbocycles. The SMILES string of the molecule is Cc1cccc(S(=O)(=O)NCc2ccc(C)c(F)c2)c1. The Kier molecular flexibility index (Phi) is 4.20. The standard InChI is InChI=1S/C15H16FNO2S/c1-11-4-3-5-14(8-11)20(18,19)17-10-13-7-6-12(2)15(16)9-13/h3-9,17H,10H2,1-2H3. The fourth-order valence-electron chi connectivity index (χ4n) is 1.79. The number of sulfonamides is 1. The maximum Gasteiger partial charge on any atom is 0.240 e. The first kappa shape index (κ1) is 14.7. The Hall–Kier alpha value is -1.72. The summed E-state index contributed by atoms with van der Waals surface area (Å²) >= 11 is 0. The number of rotatable bonds is 4. The Labute approximate surface area is 118 Å². The summed E-state index contributed by atoms with van der Waals surface area (Å²) in [5.74, 6) is -0.336. The van der Waals surface area contributed by atoms with Gasteiger partial charge in [-0.3, -0.25) is 0 Å². The van der Waals surface area contributed by atoms with Gasteiger partial charge in [0.2, 0.25) is 10.0 Å². The zero-order chi connectivity index (χ0) is 14.8. The summed E-state index contributed by atoms with van der Waals surface area (Å²) in [5.41, 5.74) is 1.99. The lowest BCUT2D eigenvalue weighted by atomic mass is 10.1. The summed E-state index contributed by atoms with van der Waals surface area (Å²) in [5, 5.41) is 0. The molecule has 0 aliphatic heterocycles. The largest absolute Gasteiger partial charge is 0.240 e. The van der Waals surface area contributed by atoms with E-state index in [0.717, 1.165) is 5.56 Å². The molecule has 0 radical (unpaired) electrons. The van der Waals surface area contributed by atoms with Crippen molar-refractivity contribution < 1.29 is 12.8 Å². The van der Waals surface area contributed by atoms with Gasteiger partial charge < -0.3 is 0 Å². The van der Waals surface area contributed by atoms with Gasteiger partial charge in [0.1, 0.15) is 5.82 Å². The Morgan fingerprint density at radius 3 is 2.50 bits per heavy atom. The highest BCUT2D eigenvalue weighted by Crippen LogP contribution is 2.13. The molecular weight excluding hydrogens is 277 g/mol. The van der Waals surface area contributed by atoms with Crippen LogP contribution in [0.1, 0.15) is 16.7 Å². The summed E-state index contributed by atoms with van der Waals surface area (Å²) in [6.07, 6.45) is 0. The van der Waals surface area contributed by atoms with Crippen LogP contribution in [0.15, 0.2) is 47.4 Å². The van der Waals surface area contributed by atoms with Crippen LogP contribution in [0.4, 0.5) is 4.39 Å². The lowest BCUT2D eigenvalue weighted by molar-refractivity contribution is 0.580. The van der Waals surface area contributed by atoms with Crippen LogP contribution in [-0.4, -0.2) is 8.42 Å². The van der Waals surface area contributed by atoms with Crippen LogP contribution >= 0.6 is 0 Å². The molecule has 0 aliphatic carbocycles. The van der Waals surface area contributed by atoms with Crippen molar-refractivity contribution in [3.05, 3.63) is 65.0 Å². The van der Waals surface area contributed by atoms with Crippen molar-refractivity contribution in [2.75, 3.05) is 0 Å². The summed E-state index contributed by atoms with van der Waals surface area (Å²) in [6, 6.07) is 11.3. The summed E-state index contributed by atoms with van der Waals surface area (Å²) in [7, 11) is -3.58. The first-order chi connectivity index (χ1) is 9.38. The minimum absolute atomic E-state index is 0.0630. The third-order valence-corrected chi connectivity index (χ3v) is 4.40. The quantitative estimate of drug-likeness (QED) is 0.942. The van der Waals surface area contributed by atoms with Crippen LogP contribution < -0.4 is 4.72 Å². The van der Waals surface area contributed by atoms with Crippen LogP contribution in [0.5, 0.6) is 0 Å². The molecule has 106 valence electrons. The number of benzene rings is 2. The van der Waals surface area contributed by atoms with Gasteiger partial charge in [-0.2, -0.15) is 0 Å². The molecular formula is C15H16FNO2S. The second-order valence-corrected chi connectivity index (χ2v) is 6.49. The van der Waals surface area contributed by atoms with Crippen LogP contribution in [0.3, 0.4) is 0 Å². The van der Waals surface area contributed by atoms with E-state index in [1.54, 1.807) is 31.2 Å². The number of halogens is 1. The number of nitrogens with one attached hydrogen (secondary N) is 1. The average molecular weight is 293 g/mol. The molecule has 0 saturated carbocycles. The van der Waals surface area contributed by atoms with Crippen molar-refractivity contribution in [2.45, 2.75) is 25.3 Å². The Bertz CT molecular complexity index is 726. The van der Waals surface area contributed by atoms with Crippen molar-refractivity contribution in [1.29, 1.82) is 0 Å². The van der Waals surface area contributed by atoms with Crippen molar-refractivity contribution >= 4 is 10.0 Å². The molecule has 2 aromatic rings. The van der Waals surface area contributed by atoms with Gasteiger partial charge in [0.25, 0.3) is 0 Å². The molecule has 1 N–H and O–H groups in total. The summed E-state index contributed by atoms with van der Waals surface area (Å²) in [4.78, 5) is 0.213. The van der Waals surface area contributed by atoms with E-state index >= 15 is 0 Å². The minimum atomic E-state index is -3.58. The highest BCUT2D eigenvalue weighted by Gasteiger charge is 2.13. The van der Waals surface area contributed by atoms with Gasteiger partial charge in [0.15, 0.2) is 0 Å². The number of aryl methyl sites for hydroxylation is 2. The van der Waals surface area contributed by atoms with Crippen LogP contribution in [0, 0.1) is 19.7 Å². The van der Waals surface area contributed by atoms with E-state index in [-0.39, 0.29) is 17.3 Å². The topological polar surface area (TPSA) is 46.2 Å². The van der Waals surface area contributed by atoms with Gasteiger partial charge in [0.05, 0.1) is 4.90 Å². The van der Waals surface area contributed by atoms with E-state index < -0.39 is 10.0 Å². The summed E-state index contributed by atoms with van der Waals surface area (Å²) < 4.78 is 40.1. The lowest BCUT2D eigenvalue weighted by Crippen LogP contribution is -2.23. The lowest BCUT2D eigenvalue weighted by Gasteiger charge is -2.08. The van der Waals surface area contributed by atoms with Crippen LogP contribution in [0.2, 0.25) is 0 Å². The Balaban J connectivity index is 2.15. The second-order valence-electron chi connectivity index (χ2n) is 4.72. The van der Waals surface area contributed by atoms with E-state index in [9.17, 15) is 12.8 Å². The molecule has 2 rings (SSSR count). The normalized spacial score (nSPS) is 11.6. The molecule has 0 fully saturated rings. The van der Waals surface area contributed by atoms with E-state index in [1.807, 2.05) is 13.0 Å². The van der Waals surface area contributed by atoms with Crippen LogP contribution in [-0.2, 0) is 16.6 Å². The Morgan fingerprint density at radius 1 is 1.10 bits per heavy atom. The van der Waals surface area contributed by atoms with Crippen molar-refractivity contribution in [3.63, 3.8) is 0 Å². The first-order valence-corrected chi connectivity index (χ1v) is 7.68. The number of hydrogen-bond acceptors (Lipinski definition) is 2. The molecule has 0 aromatic heterocycles. The predicted octanol–water partition coefficient (Wildman–Crippen LogP) is 2.92. The van der Waals surface area contributed by atoms with Crippen molar-refractivity contribution in [2.24, 2.45) is 0 Å². The third-order valence-electron chi connectivity index (χ3n) is 3.00. The molecule has 0 amide bonds. The predicted molar refractivity (Wildman–Crippen MR) is 76.3 cm³/mol. The second kappa shape index (κ2) is 5.73. The van der Waals surface area contributed by atoms with Crippen LogP contribution in [0.25, 0.3) is 0 Å². The average Bonchev–Trinajstić information content (AvgIpc) is 2.40. The van der Waals surface area contributed by atoms with E-state index in [1.165, 1.54) is 12.1 Å². The van der Waals surface area contributed by atoms with Crippen molar-refractivity contribution in [3.8, 4) is 0 Å². The molecule has 0 bridgehead atoms. The maximum atomic E-state index is 13.4. The molecule has 20 heavy (non-hydrogen) atoms. The van der Waals surface area contributed by atoms with Gasteiger partial charge in [0, 0.05) is 6.54 Å². The van der Waals surface area contributed by atoms with Crippen molar-refractivity contribution in [1.82, 2.24) is 4.72 Å². The Morgan fingerprint density at radius 2 is 1.85 bits per heavy atom. The molecule has 0 saturated heterocycles. The van der Waals surface area contributed by atoms with E-state index in [0.29, 0.717) is 11.1 Å². The first-order valence-electron chi connectivity index (χ1n) is 6.20. The van der Waals surface area contributed by atoms with Gasteiger partial charge in [-0.05, 0) is 48.7 Å². The highest BCUT2D eigenvalue weighted by atomic mass is 32.2. The van der Waals surface area contributed by atoms with Gasteiger partial charge in [-0.1, -0.05) is 24.3 Å².